The fourth-order valence-corrected chi connectivity index (χ4v) is 3.24. The van der Waals surface area contributed by atoms with Gasteiger partial charge in [0, 0.05) is 5.56 Å². The zero-order valence-electron chi connectivity index (χ0n) is 12.3. The van der Waals surface area contributed by atoms with Crippen LogP contribution in [0.15, 0.2) is 34.7 Å². The van der Waals surface area contributed by atoms with E-state index < -0.39 is 0 Å². The molecule has 1 aliphatic rings. The first-order chi connectivity index (χ1) is 10.1. The van der Waals surface area contributed by atoms with Crippen molar-refractivity contribution in [1.29, 1.82) is 0 Å². The molecule has 0 radical (unpaired) electrons. The number of hydrogen-bond acceptors (Lipinski definition) is 3. The molecule has 0 bridgehead atoms. The Bertz CT molecular complexity index is 702. The third-order valence-corrected chi connectivity index (χ3v) is 4.80. The summed E-state index contributed by atoms with van der Waals surface area (Å²) < 4.78 is 0. The minimum atomic E-state index is -0.131. The van der Waals surface area contributed by atoms with Crippen LogP contribution in [0.2, 0.25) is 0 Å². The number of benzene rings is 1. The zero-order valence-corrected chi connectivity index (χ0v) is 13.1. The predicted octanol–water partition coefficient (Wildman–Crippen LogP) is 3.84. The molecule has 0 unspecified atom stereocenters. The first kappa shape index (κ1) is 14.0. The Morgan fingerprint density at radius 2 is 2.05 bits per heavy atom. The molecule has 1 amide bonds. The fourth-order valence-electron chi connectivity index (χ4n) is 2.63. The molecule has 2 aromatic rings. The number of hydrogen-bond donors (Lipinski definition) is 1. The number of amides is 1. The van der Waals surface area contributed by atoms with Crippen LogP contribution in [0.25, 0.3) is 0 Å². The number of thiophene rings is 1. The van der Waals surface area contributed by atoms with Gasteiger partial charge in [-0.2, -0.15) is 5.10 Å². The predicted molar refractivity (Wildman–Crippen MR) is 87.2 cm³/mol. The number of aryl methyl sites for hydroxylation is 3. The first-order valence-corrected chi connectivity index (χ1v) is 8.04. The molecule has 0 saturated heterocycles. The Kier molecular flexibility index (Phi) is 3.88. The van der Waals surface area contributed by atoms with E-state index in [1.807, 2.05) is 17.5 Å². The molecule has 108 valence electrons. The number of carbonyl (C=O) groups is 1. The second-order valence-electron chi connectivity index (χ2n) is 5.42. The molecule has 1 aliphatic carbocycles. The van der Waals surface area contributed by atoms with E-state index in [0.29, 0.717) is 4.88 Å². The van der Waals surface area contributed by atoms with Gasteiger partial charge < -0.3 is 0 Å². The van der Waals surface area contributed by atoms with E-state index in [2.05, 4.69) is 36.5 Å². The molecule has 1 aromatic heterocycles. The monoisotopic (exact) mass is 298 g/mol. The molecule has 21 heavy (non-hydrogen) atoms. The lowest BCUT2D eigenvalue weighted by atomic mass is 9.87. The average Bonchev–Trinajstić information content (AvgIpc) is 3.00. The van der Waals surface area contributed by atoms with Crippen LogP contribution < -0.4 is 5.43 Å². The van der Waals surface area contributed by atoms with E-state index in [9.17, 15) is 4.79 Å². The molecule has 3 rings (SSSR count). The molecule has 0 saturated carbocycles. The van der Waals surface area contributed by atoms with Gasteiger partial charge in [0.2, 0.25) is 0 Å². The lowest BCUT2D eigenvalue weighted by Crippen LogP contribution is -2.21. The minimum absolute atomic E-state index is 0.131. The lowest BCUT2D eigenvalue weighted by Gasteiger charge is -2.19. The van der Waals surface area contributed by atoms with Gasteiger partial charge in [-0.25, -0.2) is 5.43 Å². The van der Waals surface area contributed by atoms with E-state index in [1.165, 1.54) is 33.6 Å². The number of carbonyl (C=O) groups excluding carboxylic acids is 1. The van der Waals surface area contributed by atoms with Gasteiger partial charge in [0.15, 0.2) is 0 Å². The molecule has 1 aromatic carbocycles. The number of nitrogens with zero attached hydrogens (tertiary/aromatic N) is 1. The van der Waals surface area contributed by atoms with Gasteiger partial charge >= 0.3 is 0 Å². The molecular weight excluding hydrogens is 280 g/mol. The SMILES string of the molecule is Cc1cc2c(cc1C)C(=NNC(=O)c1cccs1)CCC2. The Labute approximate surface area is 128 Å². The molecular formula is C17H18N2OS. The third-order valence-electron chi connectivity index (χ3n) is 3.93. The van der Waals surface area contributed by atoms with Crippen LogP contribution in [-0.4, -0.2) is 11.6 Å². The summed E-state index contributed by atoms with van der Waals surface area (Å²) in [7, 11) is 0. The summed E-state index contributed by atoms with van der Waals surface area (Å²) in [6.45, 7) is 4.26. The van der Waals surface area contributed by atoms with E-state index in [4.69, 9.17) is 0 Å². The molecule has 4 heteroatoms. The summed E-state index contributed by atoms with van der Waals surface area (Å²) in [5.74, 6) is -0.131. The zero-order chi connectivity index (χ0) is 14.8. The standard InChI is InChI=1S/C17H18N2OS/c1-11-9-13-5-3-6-15(14(13)10-12(11)2)18-19-17(20)16-7-4-8-21-16/h4,7-10H,3,5-6H2,1-2H3,(H,19,20). The van der Waals surface area contributed by atoms with Crippen molar-refractivity contribution in [3.8, 4) is 0 Å². The smallest absolute Gasteiger partial charge is 0.266 e. The van der Waals surface area contributed by atoms with E-state index >= 15 is 0 Å². The molecule has 0 spiro atoms. The highest BCUT2D eigenvalue weighted by Gasteiger charge is 2.17. The van der Waals surface area contributed by atoms with Crippen molar-refractivity contribution < 1.29 is 4.79 Å². The summed E-state index contributed by atoms with van der Waals surface area (Å²) in [4.78, 5) is 12.7. The van der Waals surface area contributed by atoms with Crippen LogP contribution >= 0.6 is 11.3 Å². The van der Waals surface area contributed by atoms with Crippen LogP contribution in [0.3, 0.4) is 0 Å². The van der Waals surface area contributed by atoms with Gasteiger partial charge in [0.25, 0.3) is 5.91 Å². The number of rotatable bonds is 2. The largest absolute Gasteiger partial charge is 0.281 e. The second-order valence-corrected chi connectivity index (χ2v) is 6.37. The molecule has 0 atom stereocenters. The molecule has 0 fully saturated rings. The van der Waals surface area contributed by atoms with Crippen molar-refractivity contribution in [2.45, 2.75) is 33.1 Å². The third kappa shape index (κ3) is 2.90. The fraction of sp³-hybridized carbons (Fsp3) is 0.294. The summed E-state index contributed by atoms with van der Waals surface area (Å²) in [5, 5.41) is 6.27. The Morgan fingerprint density at radius 1 is 1.24 bits per heavy atom. The highest BCUT2D eigenvalue weighted by Crippen LogP contribution is 2.25. The second kappa shape index (κ2) is 5.82. The maximum atomic E-state index is 12.0. The minimum Gasteiger partial charge on any atom is -0.266 e. The Hall–Kier alpha value is -1.94. The summed E-state index contributed by atoms with van der Waals surface area (Å²) in [5.41, 5.74) is 8.80. The van der Waals surface area contributed by atoms with Crippen molar-refractivity contribution in [3.05, 3.63) is 56.8 Å². The summed E-state index contributed by atoms with van der Waals surface area (Å²) in [6, 6.07) is 8.12. The number of nitrogens with one attached hydrogen (secondary N) is 1. The van der Waals surface area contributed by atoms with Crippen LogP contribution in [0.1, 0.15) is 44.8 Å². The average molecular weight is 298 g/mol. The number of fused-ring (bicyclic) bond motifs is 1. The number of hydrazone groups is 1. The molecule has 3 nitrogen and oxygen atoms in total. The van der Waals surface area contributed by atoms with Gasteiger partial charge in [0.1, 0.15) is 0 Å². The summed E-state index contributed by atoms with van der Waals surface area (Å²) >= 11 is 1.43. The van der Waals surface area contributed by atoms with Gasteiger partial charge in [-0.1, -0.05) is 12.1 Å². The van der Waals surface area contributed by atoms with Gasteiger partial charge in [-0.3, -0.25) is 4.79 Å². The van der Waals surface area contributed by atoms with Crippen molar-refractivity contribution in [1.82, 2.24) is 5.43 Å². The van der Waals surface area contributed by atoms with Gasteiger partial charge in [-0.15, -0.1) is 11.3 Å². The first-order valence-electron chi connectivity index (χ1n) is 7.16. The topological polar surface area (TPSA) is 41.5 Å². The maximum Gasteiger partial charge on any atom is 0.281 e. The van der Waals surface area contributed by atoms with Crippen LogP contribution in [-0.2, 0) is 6.42 Å². The quantitative estimate of drug-likeness (QED) is 0.841. The summed E-state index contributed by atoms with van der Waals surface area (Å²) in [6.07, 6.45) is 3.10. The van der Waals surface area contributed by atoms with E-state index in [0.717, 1.165) is 25.0 Å². The Balaban J connectivity index is 1.86. The molecule has 1 heterocycles. The van der Waals surface area contributed by atoms with Crippen LogP contribution in [0, 0.1) is 13.8 Å². The van der Waals surface area contributed by atoms with Crippen molar-refractivity contribution in [2.24, 2.45) is 5.10 Å². The normalized spacial score (nSPS) is 15.8. The highest BCUT2D eigenvalue weighted by atomic mass is 32.1. The Morgan fingerprint density at radius 3 is 2.81 bits per heavy atom. The van der Waals surface area contributed by atoms with E-state index in [-0.39, 0.29) is 5.91 Å². The van der Waals surface area contributed by atoms with E-state index in [1.54, 1.807) is 0 Å². The van der Waals surface area contributed by atoms with Crippen molar-refractivity contribution >= 4 is 23.0 Å². The van der Waals surface area contributed by atoms with Crippen molar-refractivity contribution in [2.75, 3.05) is 0 Å². The highest BCUT2D eigenvalue weighted by molar-refractivity contribution is 7.12. The lowest BCUT2D eigenvalue weighted by molar-refractivity contribution is 0.0959. The van der Waals surface area contributed by atoms with Crippen LogP contribution in [0.5, 0.6) is 0 Å². The molecule has 0 aliphatic heterocycles. The van der Waals surface area contributed by atoms with Gasteiger partial charge in [0.05, 0.1) is 10.6 Å². The van der Waals surface area contributed by atoms with Crippen molar-refractivity contribution in [3.63, 3.8) is 0 Å². The maximum absolute atomic E-state index is 12.0. The molecule has 1 N–H and O–H groups in total. The van der Waals surface area contributed by atoms with Crippen LogP contribution in [0.4, 0.5) is 0 Å². The van der Waals surface area contributed by atoms with Gasteiger partial charge in [-0.05, 0) is 67.3 Å².